The Kier molecular flexibility index (Phi) is 6.02. The normalized spacial score (nSPS) is 28.1. The Labute approximate surface area is 125 Å². The van der Waals surface area contributed by atoms with Crippen LogP contribution < -0.4 is 0 Å². The van der Waals surface area contributed by atoms with Gasteiger partial charge in [0.2, 0.25) is 0 Å². The van der Waals surface area contributed by atoms with Crippen LogP contribution in [0, 0.1) is 11.8 Å². The zero-order valence-corrected chi connectivity index (χ0v) is 15.2. The minimum absolute atomic E-state index is 0.161. The highest BCUT2D eigenvalue weighted by Crippen LogP contribution is 2.44. The lowest BCUT2D eigenvalue weighted by Crippen LogP contribution is -2.45. The third-order valence-corrected chi connectivity index (χ3v) is 9.55. The van der Waals surface area contributed by atoms with E-state index in [-0.39, 0.29) is 17.4 Å². The second-order valence-corrected chi connectivity index (χ2v) is 12.1. The third kappa shape index (κ3) is 3.73. The SMILES string of the molecule is C=C[C@H]1[C@H](O[Si](C)(C)C(C)(C)C)CC[C@H]1C(OC)OC. The van der Waals surface area contributed by atoms with Crippen molar-refractivity contribution in [3.63, 3.8) is 0 Å². The molecule has 3 nitrogen and oxygen atoms in total. The molecule has 0 aromatic carbocycles. The van der Waals surface area contributed by atoms with Crippen LogP contribution in [0.1, 0.15) is 33.6 Å². The van der Waals surface area contributed by atoms with Crippen molar-refractivity contribution in [2.75, 3.05) is 14.2 Å². The first-order valence-electron chi connectivity index (χ1n) is 7.54. The van der Waals surface area contributed by atoms with E-state index in [1.54, 1.807) is 14.2 Å². The fourth-order valence-corrected chi connectivity index (χ4v) is 4.19. The van der Waals surface area contributed by atoms with Gasteiger partial charge in [-0.3, -0.25) is 0 Å². The van der Waals surface area contributed by atoms with E-state index in [4.69, 9.17) is 13.9 Å². The highest BCUT2D eigenvalue weighted by molar-refractivity contribution is 6.74. The van der Waals surface area contributed by atoms with Gasteiger partial charge in [-0.05, 0) is 31.0 Å². The molecule has 1 aliphatic carbocycles. The van der Waals surface area contributed by atoms with Gasteiger partial charge in [0, 0.05) is 26.1 Å². The van der Waals surface area contributed by atoms with Crippen molar-refractivity contribution < 1.29 is 13.9 Å². The van der Waals surface area contributed by atoms with Crippen molar-refractivity contribution in [1.29, 1.82) is 0 Å². The maximum absolute atomic E-state index is 6.59. The molecule has 0 saturated heterocycles. The molecule has 1 saturated carbocycles. The molecule has 1 aliphatic rings. The minimum atomic E-state index is -1.74. The molecule has 0 aromatic heterocycles. The van der Waals surface area contributed by atoms with Crippen LogP contribution in [-0.2, 0) is 13.9 Å². The molecule has 3 atom stereocenters. The second-order valence-electron chi connectivity index (χ2n) is 7.31. The lowest BCUT2D eigenvalue weighted by atomic mass is 9.94. The molecule has 1 fully saturated rings. The van der Waals surface area contributed by atoms with Crippen LogP contribution in [0.5, 0.6) is 0 Å². The molecule has 20 heavy (non-hydrogen) atoms. The number of hydrogen-bond acceptors (Lipinski definition) is 3. The zero-order valence-electron chi connectivity index (χ0n) is 14.2. The smallest absolute Gasteiger partial charge is 0.192 e. The van der Waals surface area contributed by atoms with Crippen LogP contribution in [-0.4, -0.2) is 34.9 Å². The van der Waals surface area contributed by atoms with Crippen LogP contribution in [0.2, 0.25) is 18.1 Å². The number of rotatable bonds is 6. The molecule has 0 N–H and O–H groups in total. The van der Waals surface area contributed by atoms with E-state index in [9.17, 15) is 0 Å². The molecular weight excluding hydrogens is 268 g/mol. The summed E-state index contributed by atoms with van der Waals surface area (Å²) in [5, 5.41) is 0.235. The summed E-state index contributed by atoms with van der Waals surface area (Å²) in [6, 6.07) is 0. The monoisotopic (exact) mass is 300 g/mol. The lowest BCUT2D eigenvalue weighted by Gasteiger charge is -2.40. The van der Waals surface area contributed by atoms with Gasteiger partial charge in [0.25, 0.3) is 0 Å². The highest BCUT2D eigenvalue weighted by Gasteiger charge is 2.45. The molecule has 1 rings (SSSR count). The summed E-state index contributed by atoms with van der Waals surface area (Å²) in [6.07, 6.45) is 4.26. The van der Waals surface area contributed by atoms with Gasteiger partial charge in [0.05, 0.1) is 6.10 Å². The molecule has 118 valence electrons. The molecule has 0 spiro atoms. The summed E-state index contributed by atoms with van der Waals surface area (Å²) in [5.41, 5.74) is 0. The van der Waals surface area contributed by atoms with Crippen molar-refractivity contribution in [2.45, 2.75) is 64.1 Å². The second kappa shape index (κ2) is 6.73. The molecule has 0 bridgehead atoms. The average molecular weight is 301 g/mol. The Bertz CT molecular complexity index is 318. The number of hydrogen-bond donors (Lipinski definition) is 0. The van der Waals surface area contributed by atoms with Crippen LogP contribution >= 0.6 is 0 Å². The standard InChI is InChI=1S/C16H32O3Si/c1-9-12-13(15(17-5)18-6)10-11-14(12)19-20(7,8)16(2,3)4/h9,12-15H,1,10-11H2,2-8H3/t12-,13-,14-/m1/s1. The fourth-order valence-electron chi connectivity index (χ4n) is 2.80. The molecular formula is C16H32O3Si. The van der Waals surface area contributed by atoms with E-state index < -0.39 is 8.32 Å². The van der Waals surface area contributed by atoms with Crippen LogP contribution in [0.15, 0.2) is 12.7 Å². The van der Waals surface area contributed by atoms with Gasteiger partial charge in [-0.25, -0.2) is 0 Å². The van der Waals surface area contributed by atoms with Gasteiger partial charge < -0.3 is 13.9 Å². The van der Waals surface area contributed by atoms with Crippen LogP contribution in [0.25, 0.3) is 0 Å². The lowest BCUT2D eigenvalue weighted by molar-refractivity contribution is -0.143. The largest absolute Gasteiger partial charge is 0.413 e. The van der Waals surface area contributed by atoms with Crippen molar-refractivity contribution in [3.8, 4) is 0 Å². The number of methoxy groups -OCH3 is 2. The van der Waals surface area contributed by atoms with Crippen LogP contribution in [0.4, 0.5) is 0 Å². The van der Waals surface area contributed by atoms with E-state index in [0.29, 0.717) is 11.8 Å². The van der Waals surface area contributed by atoms with Gasteiger partial charge in [0.15, 0.2) is 14.6 Å². The summed E-state index contributed by atoms with van der Waals surface area (Å²) in [6.45, 7) is 15.5. The zero-order chi connectivity index (χ0) is 15.6. The van der Waals surface area contributed by atoms with Gasteiger partial charge in [-0.2, -0.15) is 0 Å². The predicted octanol–water partition coefficient (Wildman–Crippen LogP) is 4.21. The molecule has 0 aromatic rings. The van der Waals surface area contributed by atoms with Gasteiger partial charge in [-0.15, -0.1) is 6.58 Å². The molecule has 0 radical (unpaired) electrons. The number of ether oxygens (including phenoxy) is 2. The van der Waals surface area contributed by atoms with Crippen molar-refractivity contribution in [3.05, 3.63) is 12.7 Å². The van der Waals surface area contributed by atoms with E-state index in [1.165, 1.54) is 0 Å². The fraction of sp³-hybridized carbons (Fsp3) is 0.875. The topological polar surface area (TPSA) is 27.7 Å². The van der Waals surface area contributed by atoms with Crippen LogP contribution in [0.3, 0.4) is 0 Å². The van der Waals surface area contributed by atoms with E-state index in [2.05, 4.69) is 40.4 Å². The average Bonchev–Trinajstić information content (AvgIpc) is 2.71. The van der Waals surface area contributed by atoms with Crippen molar-refractivity contribution in [1.82, 2.24) is 0 Å². The third-order valence-electron chi connectivity index (χ3n) is 5.05. The van der Waals surface area contributed by atoms with Gasteiger partial charge in [-0.1, -0.05) is 26.8 Å². The Balaban J connectivity index is 2.81. The molecule has 4 heteroatoms. The molecule has 0 unspecified atom stereocenters. The van der Waals surface area contributed by atoms with Gasteiger partial charge in [0.1, 0.15) is 0 Å². The van der Waals surface area contributed by atoms with Crippen molar-refractivity contribution in [2.24, 2.45) is 11.8 Å². The highest BCUT2D eigenvalue weighted by atomic mass is 28.4. The van der Waals surface area contributed by atoms with Gasteiger partial charge >= 0.3 is 0 Å². The first kappa shape index (κ1) is 17.9. The summed E-state index contributed by atoms with van der Waals surface area (Å²) >= 11 is 0. The summed E-state index contributed by atoms with van der Waals surface area (Å²) in [4.78, 5) is 0. The Morgan fingerprint density at radius 1 is 1.15 bits per heavy atom. The quantitative estimate of drug-likeness (QED) is 0.418. The molecule has 0 heterocycles. The Morgan fingerprint density at radius 3 is 2.10 bits per heavy atom. The van der Waals surface area contributed by atoms with Crippen molar-refractivity contribution >= 4 is 8.32 Å². The maximum Gasteiger partial charge on any atom is 0.192 e. The summed E-state index contributed by atoms with van der Waals surface area (Å²) in [5.74, 6) is 0.659. The summed E-state index contributed by atoms with van der Waals surface area (Å²) < 4.78 is 17.5. The first-order chi connectivity index (χ1) is 9.17. The van der Waals surface area contributed by atoms with E-state index in [1.807, 2.05) is 6.08 Å². The van der Waals surface area contributed by atoms with E-state index >= 15 is 0 Å². The maximum atomic E-state index is 6.59. The molecule has 0 amide bonds. The summed E-state index contributed by atoms with van der Waals surface area (Å²) in [7, 11) is 1.67. The molecule has 0 aliphatic heterocycles. The Hall–Kier alpha value is -0.163. The first-order valence-corrected chi connectivity index (χ1v) is 10.4. The Morgan fingerprint density at radius 2 is 1.70 bits per heavy atom. The predicted molar refractivity (Wildman–Crippen MR) is 86.3 cm³/mol. The van der Waals surface area contributed by atoms with E-state index in [0.717, 1.165) is 12.8 Å². The minimum Gasteiger partial charge on any atom is -0.413 e.